The number of hydrogen-bond donors (Lipinski definition) is 3. The van der Waals surface area contributed by atoms with Crippen molar-refractivity contribution in [2.45, 2.75) is 96.2 Å². The van der Waals surface area contributed by atoms with Gasteiger partial charge in [0.15, 0.2) is 0 Å². The Hall–Kier alpha value is -0.870. The highest BCUT2D eigenvalue weighted by molar-refractivity contribution is 5.66. The van der Waals surface area contributed by atoms with Crippen LogP contribution in [-0.2, 0) is 4.79 Å². The lowest BCUT2D eigenvalue weighted by Crippen LogP contribution is -2.17. The Bertz CT molecular complexity index is 367. The van der Waals surface area contributed by atoms with E-state index >= 15 is 0 Å². The van der Waals surface area contributed by atoms with Crippen LogP contribution in [0.4, 0.5) is 0 Å². The summed E-state index contributed by atoms with van der Waals surface area (Å²) >= 11 is 0. The van der Waals surface area contributed by atoms with Crippen LogP contribution < -0.4 is 0 Å². The van der Waals surface area contributed by atoms with Gasteiger partial charge in [-0.3, -0.25) is 4.79 Å². The number of aliphatic hydroxyl groups is 2. The predicted molar refractivity (Wildman–Crippen MR) is 96.8 cm³/mol. The molecule has 1 aliphatic rings. The van der Waals surface area contributed by atoms with Crippen molar-refractivity contribution in [3.05, 3.63) is 12.2 Å². The molecule has 140 valence electrons. The molecule has 1 saturated carbocycles. The summed E-state index contributed by atoms with van der Waals surface area (Å²) in [6.45, 7) is 2.16. The minimum atomic E-state index is -0.711. The van der Waals surface area contributed by atoms with Crippen molar-refractivity contribution in [2.24, 2.45) is 11.8 Å². The minimum absolute atomic E-state index is 0.171. The van der Waals surface area contributed by atoms with Crippen LogP contribution in [0.1, 0.15) is 84.0 Å². The van der Waals surface area contributed by atoms with Crippen LogP contribution in [0.3, 0.4) is 0 Å². The molecule has 0 aromatic rings. The molecule has 0 saturated heterocycles. The summed E-state index contributed by atoms with van der Waals surface area (Å²) in [7, 11) is 0. The quantitative estimate of drug-likeness (QED) is 0.345. The predicted octanol–water partition coefficient (Wildman–Crippen LogP) is 4.30. The van der Waals surface area contributed by atoms with Crippen molar-refractivity contribution in [3.63, 3.8) is 0 Å². The lowest BCUT2D eigenvalue weighted by atomic mass is 9.89. The topological polar surface area (TPSA) is 77.8 Å². The van der Waals surface area contributed by atoms with E-state index in [1.165, 1.54) is 0 Å². The first-order chi connectivity index (χ1) is 11.5. The number of aliphatic hydroxyl groups excluding tert-OH is 2. The van der Waals surface area contributed by atoms with Crippen LogP contribution in [-0.4, -0.2) is 33.5 Å². The maximum Gasteiger partial charge on any atom is 0.303 e. The molecule has 0 aromatic heterocycles. The molecule has 0 spiro atoms. The molecule has 4 atom stereocenters. The third kappa shape index (κ3) is 8.84. The molecular formula is C20H36O4. The SMILES string of the molecule is CCCCCC(O)C=C[C@@H]1[C@@H](CCCCCCC(=O)O)CC[C@H]1O. The Kier molecular flexibility index (Phi) is 11.0. The molecule has 4 heteroatoms. The largest absolute Gasteiger partial charge is 0.481 e. The highest BCUT2D eigenvalue weighted by Gasteiger charge is 2.32. The summed E-state index contributed by atoms with van der Waals surface area (Å²) in [5.74, 6) is -0.0416. The minimum Gasteiger partial charge on any atom is -0.481 e. The first kappa shape index (κ1) is 21.2. The molecule has 0 amide bonds. The van der Waals surface area contributed by atoms with E-state index in [2.05, 4.69) is 6.92 Å². The molecule has 0 heterocycles. The fraction of sp³-hybridized carbons (Fsp3) is 0.850. The normalized spacial score (nSPS) is 25.4. The van der Waals surface area contributed by atoms with Crippen molar-refractivity contribution >= 4 is 5.97 Å². The number of carboxylic acids is 1. The van der Waals surface area contributed by atoms with Crippen LogP contribution in [0.25, 0.3) is 0 Å². The third-order valence-corrected chi connectivity index (χ3v) is 5.20. The van der Waals surface area contributed by atoms with E-state index in [1.54, 1.807) is 0 Å². The van der Waals surface area contributed by atoms with E-state index in [9.17, 15) is 15.0 Å². The molecule has 1 rings (SSSR count). The Morgan fingerprint density at radius 1 is 1.12 bits per heavy atom. The first-order valence-corrected chi connectivity index (χ1v) is 9.80. The molecule has 1 aliphatic carbocycles. The van der Waals surface area contributed by atoms with Crippen LogP contribution >= 0.6 is 0 Å². The molecule has 1 unspecified atom stereocenters. The van der Waals surface area contributed by atoms with Crippen molar-refractivity contribution in [1.82, 2.24) is 0 Å². The zero-order valence-electron chi connectivity index (χ0n) is 15.2. The van der Waals surface area contributed by atoms with Crippen LogP contribution in [0.2, 0.25) is 0 Å². The molecule has 24 heavy (non-hydrogen) atoms. The molecule has 1 fully saturated rings. The number of aliphatic carboxylic acids is 1. The van der Waals surface area contributed by atoms with Gasteiger partial charge >= 0.3 is 5.97 Å². The van der Waals surface area contributed by atoms with Gasteiger partial charge in [-0.25, -0.2) is 0 Å². The van der Waals surface area contributed by atoms with Gasteiger partial charge in [-0.15, -0.1) is 0 Å². The van der Waals surface area contributed by atoms with Crippen LogP contribution in [0.15, 0.2) is 12.2 Å². The second kappa shape index (κ2) is 12.5. The van der Waals surface area contributed by atoms with Gasteiger partial charge in [0, 0.05) is 12.3 Å². The van der Waals surface area contributed by atoms with Gasteiger partial charge in [0.05, 0.1) is 12.2 Å². The van der Waals surface area contributed by atoms with Crippen LogP contribution in [0, 0.1) is 11.8 Å². The standard InChI is InChI=1S/C20H36O4/c1-2-3-6-10-17(21)13-14-18-16(12-15-19(18)22)9-7-4-5-8-11-20(23)24/h13-14,16-19,21-22H,2-12,15H2,1H3,(H,23,24)/t16-,17?,18+,19+/m0/s1. The maximum absolute atomic E-state index is 10.5. The summed E-state index contributed by atoms with van der Waals surface area (Å²) in [5.41, 5.74) is 0. The van der Waals surface area contributed by atoms with E-state index in [0.29, 0.717) is 5.92 Å². The number of rotatable bonds is 13. The molecule has 0 aromatic carbocycles. The molecule has 0 radical (unpaired) electrons. The lowest BCUT2D eigenvalue weighted by molar-refractivity contribution is -0.137. The average molecular weight is 341 g/mol. The number of carbonyl (C=O) groups is 1. The Morgan fingerprint density at radius 3 is 2.58 bits per heavy atom. The van der Waals surface area contributed by atoms with Gasteiger partial charge in [0.2, 0.25) is 0 Å². The van der Waals surface area contributed by atoms with Crippen molar-refractivity contribution in [2.75, 3.05) is 0 Å². The van der Waals surface area contributed by atoms with E-state index < -0.39 is 5.97 Å². The van der Waals surface area contributed by atoms with Crippen molar-refractivity contribution in [1.29, 1.82) is 0 Å². The number of hydrogen-bond acceptors (Lipinski definition) is 3. The summed E-state index contributed by atoms with van der Waals surface area (Å²) in [4.78, 5) is 10.5. The van der Waals surface area contributed by atoms with Gasteiger partial charge in [0.25, 0.3) is 0 Å². The maximum atomic E-state index is 10.5. The van der Waals surface area contributed by atoms with E-state index in [-0.39, 0.29) is 24.5 Å². The fourth-order valence-corrected chi connectivity index (χ4v) is 3.70. The van der Waals surface area contributed by atoms with Gasteiger partial charge < -0.3 is 15.3 Å². The molecule has 0 aliphatic heterocycles. The van der Waals surface area contributed by atoms with Gasteiger partial charge in [0.1, 0.15) is 0 Å². The highest BCUT2D eigenvalue weighted by atomic mass is 16.4. The second-order valence-corrected chi connectivity index (χ2v) is 7.28. The Labute approximate surface area is 147 Å². The first-order valence-electron chi connectivity index (χ1n) is 9.80. The smallest absolute Gasteiger partial charge is 0.303 e. The van der Waals surface area contributed by atoms with E-state index in [0.717, 1.165) is 70.6 Å². The summed E-state index contributed by atoms with van der Waals surface area (Å²) < 4.78 is 0. The fourth-order valence-electron chi connectivity index (χ4n) is 3.70. The number of unbranched alkanes of at least 4 members (excludes halogenated alkanes) is 5. The van der Waals surface area contributed by atoms with Gasteiger partial charge in [-0.1, -0.05) is 57.6 Å². The highest BCUT2D eigenvalue weighted by Crippen LogP contribution is 2.36. The van der Waals surface area contributed by atoms with Crippen LogP contribution in [0.5, 0.6) is 0 Å². The molecule has 4 nitrogen and oxygen atoms in total. The Balaban J connectivity index is 2.27. The monoisotopic (exact) mass is 340 g/mol. The lowest BCUT2D eigenvalue weighted by Gasteiger charge is -2.19. The molecule has 0 bridgehead atoms. The van der Waals surface area contributed by atoms with Crippen molar-refractivity contribution in [3.8, 4) is 0 Å². The summed E-state index contributed by atoms with van der Waals surface area (Å²) in [6, 6.07) is 0. The zero-order chi connectivity index (χ0) is 17.8. The second-order valence-electron chi connectivity index (χ2n) is 7.28. The summed E-state index contributed by atoms with van der Waals surface area (Å²) in [5, 5.41) is 28.8. The van der Waals surface area contributed by atoms with Crippen molar-refractivity contribution < 1.29 is 20.1 Å². The van der Waals surface area contributed by atoms with E-state index in [4.69, 9.17) is 5.11 Å². The van der Waals surface area contributed by atoms with Gasteiger partial charge in [-0.05, 0) is 38.0 Å². The molecular weight excluding hydrogens is 304 g/mol. The third-order valence-electron chi connectivity index (χ3n) is 5.20. The number of carboxylic acid groups (broad SMARTS) is 1. The summed E-state index contributed by atoms with van der Waals surface area (Å²) in [6.07, 6.45) is 14.6. The zero-order valence-corrected chi connectivity index (χ0v) is 15.2. The molecule has 3 N–H and O–H groups in total. The van der Waals surface area contributed by atoms with E-state index in [1.807, 2.05) is 12.2 Å². The van der Waals surface area contributed by atoms with Gasteiger partial charge in [-0.2, -0.15) is 0 Å². The Morgan fingerprint density at radius 2 is 1.88 bits per heavy atom. The average Bonchev–Trinajstić information content (AvgIpc) is 2.89.